The molecule has 0 aliphatic carbocycles. The highest BCUT2D eigenvalue weighted by Gasteiger charge is 2.17. The van der Waals surface area contributed by atoms with E-state index in [0.717, 1.165) is 14.6 Å². The molecule has 0 radical (unpaired) electrons. The molecular formula is C13H14IN3O2. The predicted octanol–water partition coefficient (Wildman–Crippen LogP) is 3.58. The van der Waals surface area contributed by atoms with E-state index in [9.17, 15) is 4.79 Å². The molecule has 1 N–H and O–H groups in total. The van der Waals surface area contributed by atoms with Crippen molar-refractivity contribution in [2.24, 2.45) is 0 Å². The molecule has 0 atom stereocenters. The van der Waals surface area contributed by atoms with Crippen LogP contribution in [-0.4, -0.2) is 21.7 Å². The molecule has 2 aromatic rings. The Balaban J connectivity index is 2.26. The zero-order valence-electron chi connectivity index (χ0n) is 10.9. The van der Waals surface area contributed by atoms with E-state index >= 15 is 0 Å². The van der Waals surface area contributed by atoms with Crippen LogP contribution >= 0.6 is 22.6 Å². The van der Waals surface area contributed by atoms with Crippen LogP contribution in [-0.2, 0) is 4.74 Å². The summed E-state index contributed by atoms with van der Waals surface area (Å²) in [5, 5.41) is 2.72. The molecule has 1 aromatic heterocycles. The lowest BCUT2D eigenvalue weighted by atomic mass is 10.2. The molecule has 1 heterocycles. The molecular weight excluding hydrogens is 357 g/mol. The Labute approximate surface area is 124 Å². The van der Waals surface area contributed by atoms with Gasteiger partial charge in [-0.05, 0) is 55.5 Å². The Morgan fingerprint density at radius 3 is 2.63 bits per heavy atom. The first kappa shape index (κ1) is 14.0. The second kappa shape index (κ2) is 5.28. The minimum absolute atomic E-state index is 0.478. The SMILES string of the molecule is CC(C)(C)OC(=O)Nc1ccc2nccnc2c1I. The van der Waals surface area contributed by atoms with Gasteiger partial charge in [0.15, 0.2) is 0 Å². The van der Waals surface area contributed by atoms with Gasteiger partial charge in [-0.2, -0.15) is 0 Å². The fourth-order valence-corrected chi connectivity index (χ4v) is 2.24. The van der Waals surface area contributed by atoms with Crippen molar-refractivity contribution in [3.05, 3.63) is 28.1 Å². The van der Waals surface area contributed by atoms with Gasteiger partial charge in [0.25, 0.3) is 0 Å². The van der Waals surface area contributed by atoms with Crippen LogP contribution in [0.5, 0.6) is 0 Å². The molecule has 0 aliphatic rings. The van der Waals surface area contributed by atoms with Crippen LogP contribution in [0, 0.1) is 3.57 Å². The summed E-state index contributed by atoms with van der Waals surface area (Å²) < 4.78 is 6.06. The van der Waals surface area contributed by atoms with Crippen molar-refractivity contribution in [3.63, 3.8) is 0 Å². The monoisotopic (exact) mass is 371 g/mol. The van der Waals surface area contributed by atoms with Gasteiger partial charge in [-0.15, -0.1) is 0 Å². The molecule has 0 saturated carbocycles. The summed E-state index contributed by atoms with van der Waals surface area (Å²) >= 11 is 2.14. The number of carbonyl (C=O) groups is 1. The number of nitrogens with one attached hydrogen (secondary N) is 1. The van der Waals surface area contributed by atoms with Gasteiger partial charge in [-0.25, -0.2) is 4.79 Å². The summed E-state index contributed by atoms with van der Waals surface area (Å²) in [5.41, 5.74) is 1.70. The summed E-state index contributed by atoms with van der Waals surface area (Å²) in [4.78, 5) is 20.2. The smallest absolute Gasteiger partial charge is 0.412 e. The Kier molecular flexibility index (Phi) is 3.88. The van der Waals surface area contributed by atoms with Crippen LogP contribution in [0.25, 0.3) is 11.0 Å². The number of nitrogens with zero attached hydrogens (tertiary/aromatic N) is 2. The normalized spacial score (nSPS) is 11.4. The number of ether oxygens (including phenoxy) is 1. The van der Waals surface area contributed by atoms with E-state index in [1.807, 2.05) is 26.8 Å². The van der Waals surface area contributed by atoms with Crippen LogP contribution in [0.1, 0.15) is 20.8 Å². The number of rotatable bonds is 1. The molecule has 0 saturated heterocycles. The summed E-state index contributed by atoms with van der Waals surface area (Å²) in [6, 6.07) is 3.61. The van der Waals surface area contributed by atoms with Gasteiger partial charge in [-0.3, -0.25) is 15.3 Å². The first-order valence-electron chi connectivity index (χ1n) is 5.76. The van der Waals surface area contributed by atoms with E-state index in [0.29, 0.717) is 5.69 Å². The van der Waals surface area contributed by atoms with Crippen LogP contribution in [0.3, 0.4) is 0 Å². The van der Waals surface area contributed by atoms with Gasteiger partial charge in [0.1, 0.15) is 11.1 Å². The molecule has 2 rings (SSSR count). The van der Waals surface area contributed by atoms with E-state index < -0.39 is 11.7 Å². The number of halogens is 1. The molecule has 5 nitrogen and oxygen atoms in total. The lowest BCUT2D eigenvalue weighted by Crippen LogP contribution is -2.27. The molecule has 19 heavy (non-hydrogen) atoms. The number of hydrogen-bond acceptors (Lipinski definition) is 4. The summed E-state index contributed by atoms with van der Waals surface area (Å²) in [6.45, 7) is 5.47. The average Bonchev–Trinajstić information content (AvgIpc) is 2.31. The summed E-state index contributed by atoms with van der Waals surface area (Å²) in [6.07, 6.45) is 2.79. The molecule has 0 unspecified atom stereocenters. The third-order valence-corrected chi connectivity index (χ3v) is 3.31. The molecule has 0 fully saturated rings. The van der Waals surface area contributed by atoms with Crippen molar-refractivity contribution in [2.75, 3.05) is 5.32 Å². The van der Waals surface area contributed by atoms with Crippen molar-refractivity contribution in [2.45, 2.75) is 26.4 Å². The van der Waals surface area contributed by atoms with Crippen molar-refractivity contribution in [1.82, 2.24) is 9.97 Å². The highest BCUT2D eigenvalue weighted by atomic mass is 127. The highest BCUT2D eigenvalue weighted by Crippen LogP contribution is 2.25. The van der Waals surface area contributed by atoms with Gasteiger partial charge in [-0.1, -0.05) is 0 Å². The minimum Gasteiger partial charge on any atom is -0.444 e. The third-order valence-electron chi connectivity index (χ3n) is 2.21. The molecule has 1 aromatic carbocycles. The van der Waals surface area contributed by atoms with E-state index in [1.165, 1.54) is 0 Å². The van der Waals surface area contributed by atoms with Gasteiger partial charge in [0.2, 0.25) is 0 Å². The highest BCUT2D eigenvalue weighted by molar-refractivity contribution is 14.1. The maximum absolute atomic E-state index is 11.7. The molecule has 0 spiro atoms. The van der Waals surface area contributed by atoms with Crippen molar-refractivity contribution >= 4 is 45.4 Å². The van der Waals surface area contributed by atoms with Crippen molar-refractivity contribution < 1.29 is 9.53 Å². The lowest BCUT2D eigenvalue weighted by molar-refractivity contribution is 0.0636. The van der Waals surface area contributed by atoms with E-state index in [4.69, 9.17) is 4.74 Å². The molecule has 6 heteroatoms. The first-order chi connectivity index (χ1) is 8.87. The second-order valence-corrected chi connectivity index (χ2v) is 6.06. The number of benzene rings is 1. The van der Waals surface area contributed by atoms with Crippen LogP contribution < -0.4 is 5.32 Å². The van der Waals surface area contributed by atoms with Gasteiger partial charge >= 0.3 is 6.09 Å². The van der Waals surface area contributed by atoms with Crippen molar-refractivity contribution in [1.29, 1.82) is 0 Å². The maximum atomic E-state index is 11.7. The van der Waals surface area contributed by atoms with Crippen LogP contribution in [0.4, 0.5) is 10.5 Å². The van der Waals surface area contributed by atoms with E-state index in [1.54, 1.807) is 18.5 Å². The Morgan fingerprint density at radius 2 is 1.95 bits per heavy atom. The van der Waals surface area contributed by atoms with Gasteiger partial charge in [0.05, 0.1) is 14.8 Å². The number of anilines is 1. The quantitative estimate of drug-likeness (QED) is 0.779. The number of carbonyl (C=O) groups excluding carboxylic acids is 1. The van der Waals surface area contributed by atoms with Gasteiger partial charge < -0.3 is 4.74 Å². The Bertz CT molecular complexity index is 623. The Morgan fingerprint density at radius 1 is 1.26 bits per heavy atom. The van der Waals surface area contributed by atoms with Crippen molar-refractivity contribution in [3.8, 4) is 0 Å². The number of amides is 1. The van der Waals surface area contributed by atoms with E-state index in [-0.39, 0.29) is 0 Å². The molecule has 0 aliphatic heterocycles. The summed E-state index contributed by atoms with van der Waals surface area (Å²) in [7, 11) is 0. The topological polar surface area (TPSA) is 64.1 Å². The average molecular weight is 371 g/mol. The summed E-state index contributed by atoms with van der Waals surface area (Å²) in [5.74, 6) is 0. The number of fused-ring (bicyclic) bond motifs is 1. The second-order valence-electron chi connectivity index (χ2n) is 4.98. The third kappa shape index (κ3) is 3.52. The fraction of sp³-hybridized carbons (Fsp3) is 0.308. The van der Waals surface area contributed by atoms with Gasteiger partial charge in [0, 0.05) is 12.4 Å². The molecule has 100 valence electrons. The molecule has 0 bridgehead atoms. The predicted molar refractivity (Wildman–Crippen MR) is 82.1 cm³/mol. The molecule has 1 amide bonds. The number of aromatic nitrogens is 2. The maximum Gasteiger partial charge on any atom is 0.412 e. The van der Waals surface area contributed by atoms with Crippen LogP contribution in [0.2, 0.25) is 0 Å². The lowest BCUT2D eigenvalue weighted by Gasteiger charge is -2.20. The Hall–Kier alpha value is -1.44. The number of hydrogen-bond donors (Lipinski definition) is 1. The largest absolute Gasteiger partial charge is 0.444 e. The van der Waals surface area contributed by atoms with Crippen LogP contribution in [0.15, 0.2) is 24.5 Å². The standard InChI is InChI=1S/C13H14IN3O2/c1-13(2,3)19-12(18)17-8-4-5-9-11(10(8)14)16-7-6-15-9/h4-7H,1-3H3,(H,17,18). The first-order valence-corrected chi connectivity index (χ1v) is 6.84. The minimum atomic E-state index is -0.522. The zero-order chi connectivity index (χ0) is 14.0. The fourth-order valence-electron chi connectivity index (χ4n) is 1.51. The van der Waals surface area contributed by atoms with E-state index in [2.05, 4.69) is 37.9 Å². The zero-order valence-corrected chi connectivity index (χ0v) is 13.1.